The number of hydrogen-bond donors (Lipinski definition) is 1. The van der Waals surface area contributed by atoms with Gasteiger partial charge < -0.3 is 19.9 Å². The molecule has 0 bridgehead atoms. The number of carbonyl (C=O) groups excluding carboxylic acids is 1. The SMILES string of the molecule is N#CC1=C(N)Oc2cc(OC(=O)COc3ccccc3Cl)ccc2C1c1ccc(F)cc1. The summed E-state index contributed by atoms with van der Waals surface area (Å²) in [5.41, 5.74) is 7.48. The molecule has 160 valence electrons. The highest BCUT2D eigenvalue weighted by Crippen LogP contribution is 2.43. The molecule has 32 heavy (non-hydrogen) atoms. The van der Waals surface area contributed by atoms with Gasteiger partial charge in [-0.1, -0.05) is 41.9 Å². The molecule has 0 aromatic heterocycles. The van der Waals surface area contributed by atoms with E-state index in [1.807, 2.05) is 0 Å². The van der Waals surface area contributed by atoms with E-state index in [9.17, 15) is 14.4 Å². The van der Waals surface area contributed by atoms with Crippen LogP contribution in [0.4, 0.5) is 4.39 Å². The molecule has 2 N–H and O–H groups in total. The van der Waals surface area contributed by atoms with Crippen LogP contribution in [-0.2, 0) is 4.79 Å². The Morgan fingerprint density at radius 1 is 1.16 bits per heavy atom. The lowest BCUT2D eigenvalue weighted by atomic mass is 9.83. The molecule has 1 atom stereocenters. The van der Waals surface area contributed by atoms with Crippen molar-refractivity contribution in [3.8, 4) is 23.3 Å². The lowest BCUT2D eigenvalue weighted by Gasteiger charge is -2.26. The van der Waals surface area contributed by atoms with Crippen molar-refractivity contribution in [2.45, 2.75) is 5.92 Å². The monoisotopic (exact) mass is 450 g/mol. The first-order valence-electron chi connectivity index (χ1n) is 9.51. The average Bonchev–Trinajstić information content (AvgIpc) is 2.78. The highest BCUT2D eigenvalue weighted by Gasteiger charge is 2.31. The van der Waals surface area contributed by atoms with Crippen LogP contribution in [0.25, 0.3) is 0 Å². The second-order valence-electron chi connectivity index (χ2n) is 6.87. The van der Waals surface area contributed by atoms with Gasteiger partial charge in [0.15, 0.2) is 6.61 Å². The van der Waals surface area contributed by atoms with Gasteiger partial charge in [0.25, 0.3) is 0 Å². The fourth-order valence-electron chi connectivity index (χ4n) is 3.36. The van der Waals surface area contributed by atoms with Crippen molar-refractivity contribution >= 4 is 17.6 Å². The molecule has 4 rings (SSSR count). The molecule has 0 radical (unpaired) electrons. The number of allylic oxidation sites excluding steroid dienone is 1. The van der Waals surface area contributed by atoms with Gasteiger partial charge >= 0.3 is 5.97 Å². The third-order valence-electron chi connectivity index (χ3n) is 4.81. The van der Waals surface area contributed by atoms with Crippen LogP contribution in [0.5, 0.6) is 17.2 Å². The van der Waals surface area contributed by atoms with Crippen LogP contribution in [0.1, 0.15) is 17.0 Å². The zero-order valence-electron chi connectivity index (χ0n) is 16.5. The average molecular weight is 451 g/mol. The lowest BCUT2D eigenvalue weighted by molar-refractivity contribution is -0.136. The predicted octanol–water partition coefficient (Wildman–Crippen LogP) is 4.68. The quantitative estimate of drug-likeness (QED) is 0.448. The van der Waals surface area contributed by atoms with Gasteiger partial charge in [0.05, 0.1) is 10.9 Å². The van der Waals surface area contributed by atoms with Crippen LogP contribution in [0.3, 0.4) is 0 Å². The third kappa shape index (κ3) is 4.36. The first kappa shape index (κ1) is 21.2. The van der Waals surface area contributed by atoms with Gasteiger partial charge in [-0.3, -0.25) is 0 Å². The summed E-state index contributed by atoms with van der Waals surface area (Å²) in [4.78, 5) is 12.2. The van der Waals surface area contributed by atoms with Crippen molar-refractivity contribution in [2.75, 3.05) is 6.61 Å². The number of halogens is 2. The van der Waals surface area contributed by atoms with Crippen molar-refractivity contribution in [2.24, 2.45) is 5.73 Å². The molecule has 3 aromatic carbocycles. The molecular weight excluding hydrogens is 435 g/mol. The number of esters is 1. The second kappa shape index (κ2) is 9.00. The number of hydrogen-bond acceptors (Lipinski definition) is 6. The summed E-state index contributed by atoms with van der Waals surface area (Å²) >= 11 is 6.00. The minimum atomic E-state index is -0.642. The second-order valence-corrected chi connectivity index (χ2v) is 7.28. The summed E-state index contributed by atoms with van der Waals surface area (Å²) in [7, 11) is 0. The van der Waals surface area contributed by atoms with Crippen molar-refractivity contribution in [3.63, 3.8) is 0 Å². The molecule has 1 aliphatic rings. The smallest absolute Gasteiger partial charge is 0.349 e. The molecule has 0 aliphatic carbocycles. The Morgan fingerprint density at radius 3 is 2.62 bits per heavy atom. The Labute approximate surface area is 188 Å². The maximum Gasteiger partial charge on any atom is 0.349 e. The van der Waals surface area contributed by atoms with Gasteiger partial charge in [0, 0.05) is 11.6 Å². The van der Waals surface area contributed by atoms with Crippen LogP contribution in [0, 0.1) is 17.1 Å². The molecule has 8 heteroatoms. The van der Waals surface area contributed by atoms with E-state index in [2.05, 4.69) is 6.07 Å². The van der Waals surface area contributed by atoms with Crippen molar-refractivity contribution in [3.05, 3.63) is 100 Å². The summed E-state index contributed by atoms with van der Waals surface area (Å²) in [5.74, 6) is -0.744. The summed E-state index contributed by atoms with van der Waals surface area (Å²) in [6.45, 7) is -0.347. The summed E-state index contributed by atoms with van der Waals surface area (Å²) in [6.07, 6.45) is 0. The fraction of sp³-hybridized carbons (Fsp3) is 0.0833. The zero-order valence-corrected chi connectivity index (χ0v) is 17.3. The van der Waals surface area contributed by atoms with Crippen molar-refractivity contribution < 1.29 is 23.4 Å². The highest BCUT2D eigenvalue weighted by molar-refractivity contribution is 6.32. The minimum absolute atomic E-state index is 0.0696. The Morgan fingerprint density at radius 2 is 1.91 bits per heavy atom. The van der Waals surface area contributed by atoms with Crippen molar-refractivity contribution in [1.82, 2.24) is 0 Å². The molecule has 1 unspecified atom stereocenters. The molecule has 0 amide bonds. The van der Waals surface area contributed by atoms with Crippen LogP contribution in [0.15, 0.2) is 78.2 Å². The van der Waals surface area contributed by atoms with Gasteiger partial charge in [-0.2, -0.15) is 5.26 Å². The number of para-hydroxylation sites is 1. The molecule has 6 nitrogen and oxygen atoms in total. The van der Waals surface area contributed by atoms with Gasteiger partial charge in [-0.15, -0.1) is 0 Å². The normalized spacial score (nSPS) is 14.7. The van der Waals surface area contributed by atoms with E-state index in [0.29, 0.717) is 27.6 Å². The molecule has 0 saturated heterocycles. The highest BCUT2D eigenvalue weighted by atomic mass is 35.5. The van der Waals surface area contributed by atoms with E-state index in [4.69, 9.17) is 31.5 Å². The Hall–Kier alpha value is -4.02. The maximum atomic E-state index is 13.4. The summed E-state index contributed by atoms with van der Waals surface area (Å²) in [6, 6.07) is 19.4. The van der Waals surface area contributed by atoms with E-state index < -0.39 is 17.7 Å². The topological polar surface area (TPSA) is 94.6 Å². The van der Waals surface area contributed by atoms with E-state index in [1.54, 1.807) is 48.5 Å². The van der Waals surface area contributed by atoms with Crippen LogP contribution in [0.2, 0.25) is 5.02 Å². The first-order valence-corrected chi connectivity index (χ1v) is 9.89. The summed E-state index contributed by atoms with van der Waals surface area (Å²) in [5, 5.41) is 9.96. The third-order valence-corrected chi connectivity index (χ3v) is 5.12. The standard InChI is InChI=1S/C24H16ClFN2O4/c25-19-3-1-2-4-20(19)30-13-22(29)31-16-9-10-17-21(11-16)32-24(28)18(12-27)23(17)14-5-7-15(26)8-6-14/h1-11,23H,13,28H2. The summed E-state index contributed by atoms with van der Waals surface area (Å²) < 4.78 is 29.7. The number of carbonyl (C=O) groups is 1. The Bertz CT molecular complexity index is 1250. The largest absolute Gasteiger partial charge is 0.480 e. The number of benzene rings is 3. The van der Waals surface area contributed by atoms with Gasteiger partial charge in [0.2, 0.25) is 5.88 Å². The molecule has 1 heterocycles. The Balaban J connectivity index is 1.55. The van der Waals surface area contributed by atoms with Crippen molar-refractivity contribution in [1.29, 1.82) is 5.26 Å². The predicted molar refractivity (Wildman–Crippen MR) is 115 cm³/mol. The number of ether oxygens (including phenoxy) is 3. The van der Waals surface area contributed by atoms with Gasteiger partial charge in [-0.25, -0.2) is 9.18 Å². The Kier molecular flexibility index (Phi) is 5.97. The fourth-order valence-corrected chi connectivity index (χ4v) is 3.55. The van der Waals surface area contributed by atoms with Gasteiger partial charge in [0.1, 0.15) is 34.7 Å². The molecular formula is C24H16ClFN2O4. The molecule has 0 saturated carbocycles. The number of fused-ring (bicyclic) bond motifs is 1. The number of nitrogens with two attached hydrogens (primary N) is 1. The maximum absolute atomic E-state index is 13.4. The van der Waals surface area contributed by atoms with Crippen LogP contribution in [-0.4, -0.2) is 12.6 Å². The van der Waals surface area contributed by atoms with E-state index >= 15 is 0 Å². The number of rotatable bonds is 5. The number of nitrogens with zero attached hydrogens (tertiary/aromatic N) is 1. The first-order chi connectivity index (χ1) is 15.5. The van der Waals surface area contributed by atoms with Gasteiger partial charge in [-0.05, 0) is 35.9 Å². The molecule has 0 fully saturated rings. The minimum Gasteiger partial charge on any atom is -0.480 e. The zero-order chi connectivity index (χ0) is 22.7. The molecule has 3 aromatic rings. The molecule has 0 spiro atoms. The lowest BCUT2D eigenvalue weighted by Crippen LogP contribution is -2.21. The molecule has 1 aliphatic heterocycles. The van der Waals surface area contributed by atoms with E-state index in [-0.39, 0.29) is 23.8 Å². The van der Waals surface area contributed by atoms with E-state index in [0.717, 1.165) is 0 Å². The van der Waals surface area contributed by atoms with Crippen LogP contribution < -0.4 is 19.9 Å². The van der Waals surface area contributed by atoms with Crippen LogP contribution >= 0.6 is 11.6 Å². The number of nitriles is 1. The van der Waals surface area contributed by atoms with E-state index in [1.165, 1.54) is 18.2 Å².